The molecule has 27 heavy (non-hydrogen) atoms. The van der Waals surface area contributed by atoms with Gasteiger partial charge in [-0.05, 0) is 32.8 Å². The van der Waals surface area contributed by atoms with Gasteiger partial charge in [0.2, 0.25) is 5.88 Å². The van der Waals surface area contributed by atoms with Crippen LogP contribution in [0, 0.1) is 0 Å². The van der Waals surface area contributed by atoms with Gasteiger partial charge in [-0.1, -0.05) is 23.3 Å². The summed E-state index contributed by atoms with van der Waals surface area (Å²) in [6, 6.07) is 1.31. The summed E-state index contributed by atoms with van der Waals surface area (Å²) in [6.45, 7) is 5.31. The zero-order valence-electron chi connectivity index (χ0n) is 15.3. The molecular weight excluding hydrogens is 383 g/mol. The van der Waals surface area contributed by atoms with E-state index in [4.69, 9.17) is 11.6 Å². The van der Waals surface area contributed by atoms with Crippen LogP contribution in [-0.2, 0) is 0 Å². The minimum atomic E-state index is -4.48. The molecule has 0 saturated carbocycles. The zero-order chi connectivity index (χ0) is 20.0. The molecule has 0 radical (unpaired) electrons. The van der Waals surface area contributed by atoms with E-state index in [1.807, 2.05) is 0 Å². The molecule has 1 fully saturated rings. The molecule has 2 rings (SSSR count). The second-order valence-corrected chi connectivity index (χ2v) is 7.15. The number of allylic oxidation sites excluding steroid dienone is 1. The summed E-state index contributed by atoms with van der Waals surface area (Å²) in [5.74, 6) is -0.701. The monoisotopic (exact) mass is 405 g/mol. The van der Waals surface area contributed by atoms with E-state index in [1.54, 1.807) is 0 Å². The predicted molar refractivity (Wildman–Crippen MR) is 97.2 cm³/mol. The lowest BCUT2D eigenvalue weighted by atomic mass is 10.0. The smallest absolute Gasteiger partial charge is 0.422 e. The summed E-state index contributed by atoms with van der Waals surface area (Å²) in [5.41, 5.74) is 1.46. The first kappa shape index (κ1) is 21.5. The van der Waals surface area contributed by atoms with Crippen LogP contribution in [0.5, 0.6) is 5.88 Å². The third-order valence-electron chi connectivity index (χ3n) is 4.12. The van der Waals surface area contributed by atoms with Crippen molar-refractivity contribution in [3.63, 3.8) is 0 Å². The number of hydrogen-bond donors (Lipinski definition) is 1. The molecule has 0 aromatic carbocycles. The van der Waals surface area contributed by atoms with Crippen LogP contribution in [0.25, 0.3) is 0 Å². The van der Waals surface area contributed by atoms with Crippen LogP contribution in [0.4, 0.5) is 13.2 Å². The van der Waals surface area contributed by atoms with Crippen molar-refractivity contribution in [1.29, 1.82) is 0 Å². The van der Waals surface area contributed by atoms with Crippen molar-refractivity contribution < 1.29 is 22.7 Å². The van der Waals surface area contributed by atoms with Crippen LogP contribution < -0.4 is 10.1 Å². The summed E-state index contributed by atoms with van der Waals surface area (Å²) in [7, 11) is 0. The second-order valence-electron chi connectivity index (χ2n) is 6.74. The predicted octanol–water partition coefficient (Wildman–Crippen LogP) is 3.84. The number of piperidine rings is 1. The quantitative estimate of drug-likeness (QED) is 0.731. The second kappa shape index (κ2) is 9.41. The highest BCUT2D eigenvalue weighted by atomic mass is 35.5. The van der Waals surface area contributed by atoms with Gasteiger partial charge in [-0.25, -0.2) is 4.98 Å². The van der Waals surface area contributed by atoms with E-state index >= 15 is 0 Å². The molecule has 2 heterocycles. The standard InChI is InChI=1S/C18H23ClF3N3O2/c1-12(2)3-6-25-7-4-14(5-8-25)24-16(26)13-9-15(19)17(23-10-13)27-11-18(20,21)22/h3,9-10,14H,4-8,11H2,1-2H3,(H,24,26). The van der Waals surface area contributed by atoms with Crippen LogP contribution in [0.2, 0.25) is 5.02 Å². The third-order valence-corrected chi connectivity index (χ3v) is 4.39. The number of ether oxygens (including phenoxy) is 1. The Kier molecular flexibility index (Phi) is 7.49. The molecule has 1 aliphatic heterocycles. The van der Waals surface area contributed by atoms with E-state index in [-0.39, 0.29) is 28.4 Å². The van der Waals surface area contributed by atoms with E-state index < -0.39 is 12.8 Å². The van der Waals surface area contributed by atoms with Gasteiger partial charge in [-0.3, -0.25) is 9.69 Å². The summed E-state index contributed by atoms with van der Waals surface area (Å²) >= 11 is 5.88. The summed E-state index contributed by atoms with van der Waals surface area (Å²) in [4.78, 5) is 18.4. The van der Waals surface area contributed by atoms with Crippen molar-refractivity contribution in [1.82, 2.24) is 15.2 Å². The van der Waals surface area contributed by atoms with Crippen molar-refractivity contribution in [2.45, 2.75) is 38.9 Å². The van der Waals surface area contributed by atoms with Crippen molar-refractivity contribution in [2.24, 2.45) is 0 Å². The van der Waals surface area contributed by atoms with Crippen LogP contribution in [-0.4, -0.2) is 54.3 Å². The number of amides is 1. The highest BCUT2D eigenvalue weighted by Gasteiger charge is 2.29. The maximum atomic E-state index is 12.3. The number of alkyl halides is 3. The summed E-state index contributed by atoms with van der Waals surface area (Å²) in [5, 5.41) is 2.79. The van der Waals surface area contributed by atoms with Gasteiger partial charge in [0.15, 0.2) is 6.61 Å². The SMILES string of the molecule is CC(C)=CCN1CCC(NC(=O)c2cnc(OCC(F)(F)F)c(Cl)c2)CC1. The fraction of sp³-hybridized carbons (Fsp3) is 0.556. The normalized spacial score (nSPS) is 16.1. The average Bonchev–Trinajstić information content (AvgIpc) is 2.59. The number of carbonyl (C=O) groups excluding carboxylic acids is 1. The molecule has 1 amide bonds. The van der Waals surface area contributed by atoms with Crippen molar-refractivity contribution >= 4 is 17.5 Å². The van der Waals surface area contributed by atoms with Crippen LogP contribution in [0.15, 0.2) is 23.9 Å². The molecule has 1 aliphatic rings. The molecular formula is C18H23ClF3N3O2. The Morgan fingerprint density at radius 3 is 2.63 bits per heavy atom. The Morgan fingerprint density at radius 1 is 1.41 bits per heavy atom. The van der Waals surface area contributed by atoms with Crippen molar-refractivity contribution in [3.05, 3.63) is 34.5 Å². The van der Waals surface area contributed by atoms with Gasteiger partial charge in [0, 0.05) is 31.9 Å². The molecule has 1 aromatic heterocycles. The number of aromatic nitrogens is 1. The van der Waals surface area contributed by atoms with E-state index in [2.05, 4.69) is 39.9 Å². The molecule has 1 saturated heterocycles. The van der Waals surface area contributed by atoms with E-state index in [9.17, 15) is 18.0 Å². The molecule has 1 N–H and O–H groups in total. The molecule has 0 spiro atoms. The van der Waals surface area contributed by atoms with Crippen LogP contribution in [0.3, 0.4) is 0 Å². The topological polar surface area (TPSA) is 54.5 Å². The van der Waals surface area contributed by atoms with Gasteiger partial charge in [0.25, 0.3) is 5.91 Å². The number of hydrogen-bond acceptors (Lipinski definition) is 4. The first-order valence-corrected chi connectivity index (χ1v) is 9.03. The van der Waals surface area contributed by atoms with Crippen molar-refractivity contribution in [3.8, 4) is 5.88 Å². The fourth-order valence-electron chi connectivity index (χ4n) is 2.65. The van der Waals surface area contributed by atoms with Gasteiger partial charge < -0.3 is 10.1 Å². The van der Waals surface area contributed by atoms with Crippen LogP contribution in [0.1, 0.15) is 37.0 Å². The summed E-state index contributed by atoms with van der Waals surface area (Å²) in [6.07, 6.45) is 0.514. The number of pyridine rings is 1. The van der Waals surface area contributed by atoms with Crippen LogP contribution >= 0.6 is 11.6 Å². The van der Waals surface area contributed by atoms with E-state index in [1.165, 1.54) is 11.6 Å². The number of nitrogens with one attached hydrogen (secondary N) is 1. The first-order valence-electron chi connectivity index (χ1n) is 8.66. The lowest BCUT2D eigenvalue weighted by Crippen LogP contribution is -2.44. The Balaban J connectivity index is 1.86. The molecule has 9 heteroatoms. The number of rotatable bonds is 6. The maximum Gasteiger partial charge on any atom is 0.422 e. The van der Waals surface area contributed by atoms with Gasteiger partial charge in [-0.15, -0.1) is 0 Å². The number of carbonyl (C=O) groups is 1. The van der Waals surface area contributed by atoms with Gasteiger partial charge in [0.1, 0.15) is 5.02 Å². The van der Waals surface area contributed by atoms with Gasteiger partial charge >= 0.3 is 6.18 Å². The Hall–Kier alpha value is -1.80. The maximum absolute atomic E-state index is 12.3. The molecule has 0 aliphatic carbocycles. The molecule has 0 bridgehead atoms. The number of likely N-dealkylation sites (tertiary alicyclic amines) is 1. The van der Waals surface area contributed by atoms with Gasteiger partial charge in [0.05, 0.1) is 5.56 Å². The highest BCUT2D eigenvalue weighted by molar-refractivity contribution is 6.32. The lowest BCUT2D eigenvalue weighted by Gasteiger charge is -2.31. The number of halogens is 4. The molecule has 150 valence electrons. The van der Waals surface area contributed by atoms with E-state index in [0.29, 0.717) is 0 Å². The molecule has 0 atom stereocenters. The highest BCUT2D eigenvalue weighted by Crippen LogP contribution is 2.25. The Bertz CT molecular complexity index is 683. The minimum Gasteiger partial charge on any atom is -0.467 e. The molecule has 1 aromatic rings. The number of nitrogens with zero attached hydrogens (tertiary/aromatic N) is 2. The first-order chi connectivity index (χ1) is 12.6. The fourth-order valence-corrected chi connectivity index (χ4v) is 2.87. The van der Waals surface area contributed by atoms with Gasteiger partial charge in [-0.2, -0.15) is 13.2 Å². The molecule has 5 nitrogen and oxygen atoms in total. The molecule has 0 unspecified atom stereocenters. The largest absolute Gasteiger partial charge is 0.467 e. The average molecular weight is 406 g/mol. The Labute approximate surface area is 161 Å². The van der Waals surface area contributed by atoms with Crippen molar-refractivity contribution in [2.75, 3.05) is 26.2 Å². The summed E-state index contributed by atoms with van der Waals surface area (Å²) < 4.78 is 41.1. The third kappa shape index (κ3) is 7.38. The minimum absolute atomic E-state index is 0.0420. The zero-order valence-corrected chi connectivity index (χ0v) is 16.0. The Morgan fingerprint density at radius 2 is 2.07 bits per heavy atom. The lowest BCUT2D eigenvalue weighted by molar-refractivity contribution is -0.154. The van der Waals surface area contributed by atoms with E-state index in [0.717, 1.165) is 38.7 Å².